The van der Waals surface area contributed by atoms with Crippen LogP contribution in [0.3, 0.4) is 0 Å². The van der Waals surface area contributed by atoms with Gasteiger partial charge in [0.05, 0.1) is 10.5 Å². The Hall–Kier alpha value is -1.61. The van der Waals surface area contributed by atoms with Gasteiger partial charge in [0.25, 0.3) is 0 Å². The largest absolute Gasteiger partial charge is 0.492 e. The summed E-state index contributed by atoms with van der Waals surface area (Å²) >= 11 is 0. The van der Waals surface area contributed by atoms with Gasteiger partial charge in [-0.05, 0) is 25.1 Å². The second-order valence-electron chi connectivity index (χ2n) is 5.95. The maximum atomic E-state index is 13.1. The normalized spacial score (nSPS) is 22.5. The number of hydrogen-bond acceptors (Lipinski definition) is 5. The molecule has 0 unspecified atom stereocenters. The van der Waals surface area contributed by atoms with E-state index in [0.717, 1.165) is 12.3 Å². The molecule has 1 heterocycles. The number of benzene rings is 1. The van der Waals surface area contributed by atoms with Gasteiger partial charge in [0.1, 0.15) is 18.1 Å². The molecule has 1 N–H and O–H groups in total. The van der Waals surface area contributed by atoms with Crippen molar-refractivity contribution in [2.45, 2.75) is 42.9 Å². The maximum absolute atomic E-state index is 13.1. The summed E-state index contributed by atoms with van der Waals surface area (Å²) in [5, 5.41) is 3.13. The molecule has 2 rings (SSSR count). The number of halogens is 3. The number of ether oxygens (including phenoxy) is 1. The van der Waals surface area contributed by atoms with Crippen molar-refractivity contribution in [2.75, 3.05) is 12.9 Å². The zero-order valence-corrected chi connectivity index (χ0v) is 14.0. The Morgan fingerprint density at radius 2 is 1.96 bits per heavy atom. The van der Waals surface area contributed by atoms with E-state index >= 15 is 0 Å². The van der Waals surface area contributed by atoms with Crippen molar-refractivity contribution in [3.8, 4) is 5.75 Å². The van der Waals surface area contributed by atoms with Crippen molar-refractivity contribution in [3.63, 3.8) is 0 Å². The van der Waals surface area contributed by atoms with Crippen LogP contribution in [0.1, 0.15) is 25.3 Å². The van der Waals surface area contributed by atoms with E-state index in [0.29, 0.717) is 12.5 Å². The molecule has 0 aliphatic carbocycles. The molecule has 9 heteroatoms. The SMILES string of the molecule is C[C@H]1CC(=O)C[C@@H](COc2ccc(S(C)(=O)=O)c(C(F)(F)F)c2)N1. The van der Waals surface area contributed by atoms with Crippen LogP contribution >= 0.6 is 0 Å². The highest BCUT2D eigenvalue weighted by Crippen LogP contribution is 2.36. The molecule has 0 aromatic heterocycles. The number of hydrogen-bond donors (Lipinski definition) is 1. The fourth-order valence-electron chi connectivity index (χ4n) is 2.67. The molecule has 134 valence electrons. The highest BCUT2D eigenvalue weighted by molar-refractivity contribution is 7.90. The van der Waals surface area contributed by atoms with Crippen molar-refractivity contribution in [2.24, 2.45) is 0 Å². The van der Waals surface area contributed by atoms with Gasteiger partial charge in [-0.15, -0.1) is 0 Å². The number of nitrogens with one attached hydrogen (secondary N) is 1. The third-order valence-corrected chi connectivity index (χ3v) is 4.79. The Kier molecular flexibility index (Phi) is 5.24. The first kappa shape index (κ1) is 18.7. The minimum Gasteiger partial charge on any atom is -0.492 e. The molecule has 0 spiro atoms. The number of sulfone groups is 1. The molecule has 1 aromatic carbocycles. The Bertz CT molecular complexity index is 731. The minimum absolute atomic E-state index is 0.0156. The zero-order chi connectivity index (χ0) is 18.1. The van der Waals surface area contributed by atoms with E-state index in [9.17, 15) is 26.4 Å². The van der Waals surface area contributed by atoms with Crippen LogP contribution in [0.4, 0.5) is 13.2 Å². The van der Waals surface area contributed by atoms with Crippen LogP contribution in [0.5, 0.6) is 5.75 Å². The summed E-state index contributed by atoms with van der Waals surface area (Å²) in [5.74, 6) is -0.0274. The van der Waals surface area contributed by atoms with Gasteiger partial charge in [-0.3, -0.25) is 4.79 Å². The van der Waals surface area contributed by atoms with Gasteiger partial charge >= 0.3 is 6.18 Å². The van der Waals surface area contributed by atoms with Crippen LogP contribution in [-0.4, -0.2) is 39.1 Å². The predicted octanol–water partition coefficient (Wildman–Crippen LogP) is 2.20. The first-order chi connectivity index (χ1) is 11.0. The van der Waals surface area contributed by atoms with Crippen LogP contribution in [-0.2, 0) is 20.8 Å². The summed E-state index contributed by atoms with van der Waals surface area (Å²) in [7, 11) is -4.02. The quantitative estimate of drug-likeness (QED) is 0.886. The van der Waals surface area contributed by atoms with E-state index < -0.39 is 26.5 Å². The van der Waals surface area contributed by atoms with Crippen molar-refractivity contribution >= 4 is 15.6 Å². The number of Topliss-reactive ketones (excluding diaryl/α,β-unsaturated/α-hetero) is 1. The average Bonchev–Trinajstić information content (AvgIpc) is 2.42. The molecule has 1 aromatic rings. The third-order valence-electron chi connectivity index (χ3n) is 3.64. The van der Waals surface area contributed by atoms with E-state index in [1.54, 1.807) is 0 Å². The number of alkyl halides is 3. The molecule has 0 radical (unpaired) electrons. The van der Waals surface area contributed by atoms with E-state index in [4.69, 9.17) is 4.74 Å². The molecular weight excluding hydrogens is 347 g/mol. The lowest BCUT2D eigenvalue weighted by Gasteiger charge is -2.27. The van der Waals surface area contributed by atoms with Crippen molar-refractivity contribution < 1.29 is 31.1 Å². The van der Waals surface area contributed by atoms with E-state index in [1.165, 1.54) is 6.07 Å². The monoisotopic (exact) mass is 365 g/mol. The predicted molar refractivity (Wildman–Crippen MR) is 80.7 cm³/mol. The number of piperidine rings is 1. The van der Waals surface area contributed by atoms with Gasteiger partial charge < -0.3 is 10.1 Å². The fourth-order valence-corrected chi connectivity index (χ4v) is 3.56. The molecule has 1 saturated heterocycles. The molecule has 1 aliphatic rings. The summed E-state index contributed by atoms with van der Waals surface area (Å²) in [6, 6.07) is 2.43. The lowest BCUT2D eigenvalue weighted by molar-refractivity contribution is -0.140. The maximum Gasteiger partial charge on any atom is 0.417 e. The van der Waals surface area contributed by atoms with Gasteiger partial charge in [0.15, 0.2) is 9.84 Å². The molecule has 0 bridgehead atoms. The van der Waals surface area contributed by atoms with Crippen LogP contribution in [0.2, 0.25) is 0 Å². The lowest BCUT2D eigenvalue weighted by Crippen LogP contribution is -2.47. The van der Waals surface area contributed by atoms with Gasteiger partial charge in [-0.1, -0.05) is 0 Å². The first-order valence-electron chi connectivity index (χ1n) is 7.28. The molecule has 1 fully saturated rings. The van der Waals surface area contributed by atoms with Crippen LogP contribution < -0.4 is 10.1 Å². The molecule has 0 saturated carbocycles. The molecule has 0 amide bonds. The summed E-state index contributed by atoms with van der Waals surface area (Å²) in [4.78, 5) is 10.7. The second kappa shape index (κ2) is 6.72. The average molecular weight is 365 g/mol. The summed E-state index contributed by atoms with van der Waals surface area (Å²) < 4.78 is 67.6. The van der Waals surface area contributed by atoms with E-state index in [-0.39, 0.29) is 36.6 Å². The number of carbonyl (C=O) groups excluding carboxylic acids is 1. The van der Waals surface area contributed by atoms with Crippen LogP contribution in [0.15, 0.2) is 23.1 Å². The molecule has 24 heavy (non-hydrogen) atoms. The van der Waals surface area contributed by atoms with Crippen molar-refractivity contribution in [1.82, 2.24) is 5.32 Å². The summed E-state index contributed by atoms with van der Waals surface area (Å²) in [6.45, 7) is 1.86. The zero-order valence-electron chi connectivity index (χ0n) is 13.2. The highest BCUT2D eigenvalue weighted by Gasteiger charge is 2.36. The standard InChI is InChI=1S/C15H18F3NO4S/c1-9-5-11(20)6-10(19-9)8-23-12-3-4-14(24(2,21)22)13(7-12)15(16,17)18/h3-4,7,9-10,19H,5-6,8H2,1-2H3/t9-,10-/m0/s1. The third kappa shape index (κ3) is 4.70. The van der Waals surface area contributed by atoms with Gasteiger partial charge in [0, 0.05) is 31.2 Å². The van der Waals surface area contributed by atoms with E-state index in [1.807, 2.05) is 6.92 Å². The van der Waals surface area contributed by atoms with Crippen LogP contribution in [0.25, 0.3) is 0 Å². The number of carbonyl (C=O) groups is 1. The molecule has 2 atom stereocenters. The summed E-state index contributed by atoms with van der Waals surface area (Å²) in [6.07, 6.45) is -3.43. The van der Waals surface area contributed by atoms with Gasteiger partial charge in [-0.25, -0.2) is 8.42 Å². The molecule has 1 aliphatic heterocycles. The Balaban J connectivity index is 2.19. The van der Waals surface area contributed by atoms with Crippen molar-refractivity contribution in [3.05, 3.63) is 23.8 Å². The molecule has 5 nitrogen and oxygen atoms in total. The minimum atomic E-state index is -4.81. The lowest BCUT2D eigenvalue weighted by atomic mass is 9.99. The molecular formula is C15H18F3NO4S. The first-order valence-corrected chi connectivity index (χ1v) is 9.18. The topological polar surface area (TPSA) is 72.5 Å². The van der Waals surface area contributed by atoms with Gasteiger partial charge in [0.2, 0.25) is 0 Å². The smallest absolute Gasteiger partial charge is 0.417 e. The summed E-state index contributed by atoms with van der Waals surface area (Å²) in [5.41, 5.74) is -1.26. The Morgan fingerprint density at radius 1 is 1.29 bits per heavy atom. The van der Waals surface area contributed by atoms with Crippen LogP contribution in [0, 0.1) is 0 Å². The van der Waals surface area contributed by atoms with E-state index in [2.05, 4.69) is 5.32 Å². The highest BCUT2D eigenvalue weighted by atomic mass is 32.2. The second-order valence-corrected chi connectivity index (χ2v) is 7.93. The fraction of sp³-hybridized carbons (Fsp3) is 0.533. The van der Waals surface area contributed by atoms with Gasteiger partial charge in [-0.2, -0.15) is 13.2 Å². The number of rotatable bonds is 4. The Morgan fingerprint density at radius 3 is 2.50 bits per heavy atom. The van der Waals surface area contributed by atoms with Crippen molar-refractivity contribution in [1.29, 1.82) is 0 Å². The number of ketones is 1. The Labute approximate surface area is 138 Å².